The molecule has 0 aromatic heterocycles. The van der Waals surface area contributed by atoms with Crippen LogP contribution in [-0.2, 0) is 28.6 Å². The smallest absolute Gasteiger partial charge is 0.311 e. The molecule has 8 N–H and O–H groups in total. The minimum atomic E-state index is -1.96. The van der Waals surface area contributed by atoms with Gasteiger partial charge >= 0.3 is 5.97 Å². The van der Waals surface area contributed by atoms with Crippen LogP contribution in [0.5, 0.6) is 0 Å². The number of hydrogen-bond donors (Lipinski definition) is 8. The minimum absolute atomic E-state index is 0.0826. The second kappa shape index (κ2) is 21.1. The lowest BCUT2D eigenvalue weighted by molar-refractivity contribution is -0.299. The number of cyclic esters (lactones) is 1. The quantitative estimate of drug-likeness (QED) is 0.122. The summed E-state index contributed by atoms with van der Waals surface area (Å²) in [7, 11) is 3.70. The van der Waals surface area contributed by atoms with Gasteiger partial charge in [0.2, 0.25) is 0 Å². The van der Waals surface area contributed by atoms with E-state index < -0.39 is 118 Å². The number of nitrogens with zero attached hydrogens (tertiary/aromatic N) is 2. The van der Waals surface area contributed by atoms with Gasteiger partial charge in [-0.15, -0.1) is 0 Å². The second-order valence-corrected chi connectivity index (χ2v) is 24.0. The van der Waals surface area contributed by atoms with Crippen LogP contribution >= 0.6 is 0 Å². The number of amides is 1. The normalized spacial score (nSPS) is 49.7. The van der Waals surface area contributed by atoms with Crippen LogP contribution in [-0.4, -0.2) is 181 Å². The number of allylic oxidation sites excluding steroid dienone is 4. The number of ketones is 1. The average Bonchev–Trinajstić information content (AvgIpc) is 3.48. The Balaban J connectivity index is 1.22. The Morgan fingerprint density at radius 2 is 1.61 bits per heavy atom. The van der Waals surface area contributed by atoms with E-state index in [-0.39, 0.29) is 81.0 Å². The molecule has 2 aliphatic heterocycles. The van der Waals surface area contributed by atoms with Crippen LogP contribution in [0, 0.1) is 52.3 Å². The van der Waals surface area contributed by atoms with Crippen LogP contribution in [0.15, 0.2) is 23.8 Å². The summed E-state index contributed by atoms with van der Waals surface area (Å²) in [6, 6.07) is -1.09. The first-order valence-electron chi connectivity index (χ1n) is 26.1. The van der Waals surface area contributed by atoms with Crippen LogP contribution < -0.4 is 5.32 Å². The van der Waals surface area contributed by atoms with E-state index in [1.807, 2.05) is 58.5 Å². The van der Waals surface area contributed by atoms with Gasteiger partial charge in [0.15, 0.2) is 17.7 Å². The number of fused-ring (bicyclic) bond motifs is 5. The zero-order valence-corrected chi connectivity index (χ0v) is 44.0. The number of hydrogen-bond acceptors (Lipinski definition) is 15. The van der Waals surface area contributed by atoms with Crippen molar-refractivity contribution in [3.8, 4) is 0 Å². The molecule has 17 heteroatoms. The third-order valence-corrected chi connectivity index (χ3v) is 18.6. The van der Waals surface area contributed by atoms with E-state index in [9.17, 15) is 50.1 Å². The maximum atomic E-state index is 16.0. The minimum Gasteiger partial charge on any atom is -0.459 e. The Labute approximate surface area is 415 Å². The third-order valence-electron chi connectivity index (χ3n) is 18.6. The number of aliphatic hydroxyl groups excluding tert-OH is 4. The molecule has 1 amide bonds. The fraction of sp³-hybridized carbons (Fsp3) is 0.868. The molecular weight excluding hydrogens is 906 g/mol. The van der Waals surface area contributed by atoms with Gasteiger partial charge in [0.25, 0.3) is 5.91 Å². The molecule has 6 rings (SSSR count). The van der Waals surface area contributed by atoms with Crippen molar-refractivity contribution in [3.05, 3.63) is 23.8 Å². The zero-order valence-electron chi connectivity index (χ0n) is 44.0. The highest BCUT2D eigenvalue weighted by Crippen LogP contribution is 2.68. The first-order chi connectivity index (χ1) is 32.4. The highest BCUT2D eigenvalue weighted by Gasteiger charge is 2.71. The Bertz CT molecular complexity index is 1950. The molecule has 400 valence electrons. The monoisotopic (exact) mass is 994 g/mol. The Morgan fingerprint density at radius 1 is 0.957 bits per heavy atom. The van der Waals surface area contributed by atoms with Gasteiger partial charge in [0.05, 0.1) is 35.9 Å². The van der Waals surface area contributed by atoms with Crippen molar-refractivity contribution >= 4 is 17.7 Å². The van der Waals surface area contributed by atoms with Gasteiger partial charge in [-0.1, -0.05) is 47.6 Å². The number of ether oxygens (including phenoxy) is 3. The Hall–Kier alpha value is -2.42. The summed E-state index contributed by atoms with van der Waals surface area (Å²) < 4.78 is 34.6. The fourth-order valence-electron chi connectivity index (χ4n) is 14.7. The van der Waals surface area contributed by atoms with Gasteiger partial charge in [0.1, 0.15) is 30.1 Å². The lowest BCUT2D eigenvalue weighted by atomic mass is 9.46. The van der Waals surface area contributed by atoms with Crippen LogP contribution in [0.1, 0.15) is 121 Å². The standard InChI is InChI=1S/C53H88FN3O13/c1-14-40-52(11,66)44(62)32(7)57(26-27(2)24-51(10,65)45(30(5)42(60)31(6)46(63)69-40)70-47-43(61)38(56(12)13)21-29(4)68-47)19-15-18-55-48(64)53(67)28(3)20-35-34-23-37(54)36-22-33(58)16-17-49(36,8)41(34)39(59)25-50(35,53)9/h16-17,22,27-32,34-35,37-45,47,59-62,65-67H,14-15,18-21,23-26H2,1-13H3,(H,55,64)/t27-,28-,29-,30+,31-,32-,34?,35?,37+,38-,39+,40-,41?,42?,43-,44-,45?,47+,49+,50+,51-,52-,53+/m1/s1. The number of alkyl halides is 1. The number of esters is 1. The predicted octanol–water partition coefficient (Wildman–Crippen LogP) is 3.06. The molecule has 70 heavy (non-hydrogen) atoms. The summed E-state index contributed by atoms with van der Waals surface area (Å²) in [5, 5.41) is 87.3. The second-order valence-electron chi connectivity index (χ2n) is 24.0. The molecule has 0 bridgehead atoms. The van der Waals surface area contributed by atoms with Crippen LogP contribution in [0.2, 0.25) is 0 Å². The van der Waals surface area contributed by atoms with Gasteiger partial charge in [-0.25, -0.2) is 4.39 Å². The number of likely N-dealkylation sites (N-methyl/N-ethyl adjacent to an activating group) is 1. The lowest BCUT2D eigenvalue weighted by Gasteiger charge is -2.60. The van der Waals surface area contributed by atoms with Crippen molar-refractivity contribution in [3.63, 3.8) is 0 Å². The highest BCUT2D eigenvalue weighted by atomic mass is 19.1. The van der Waals surface area contributed by atoms with E-state index in [0.717, 1.165) is 0 Å². The van der Waals surface area contributed by atoms with Crippen molar-refractivity contribution in [2.75, 3.05) is 33.7 Å². The number of halogens is 1. The summed E-state index contributed by atoms with van der Waals surface area (Å²) in [5.74, 6) is -5.63. The molecule has 23 atom stereocenters. The lowest BCUT2D eigenvalue weighted by Crippen LogP contribution is -2.65. The largest absolute Gasteiger partial charge is 0.459 e. The first kappa shape index (κ1) is 56.9. The van der Waals surface area contributed by atoms with E-state index in [1.54, 1.807) is 33.8 Å². The maximum absolute atomic E-state index is 16.0. The molecule has 3 saturated carbocycles. The molecule has 2 heterocycles. The van der Waals surface area contributed by atoms with Gasteiger partial charge in [0, 0.05) is 54.4 Å². The summed E-state index contributed by atoms with van der Waals surface area (Å²) >= 11 is 0. The SMILES string of the molecule is CC[C@H]1OC(=O)[C@H](C)C(O)[C@H](C)C(O[C@@H]2O[C@H](C)C[C@@H](N(C)C)[C@H]2O)[C@](C)(O)C[C@@H](C)CN(CCCNC(=O)[C@@]2(O)[C@H](C)CC3C4C[C@H](F)C5=CC(=O)C=C[C@]5(C)C4[C@@H](O)C[C@@]32C)[C@H](C)[C@@H](O)[C@]1(C)O. The predicted molar refractivity (Wildman–Crippen MR) is 259 cm³/mol. The van der Waals surface area contributed by atoms with Gasteiger partial charge < -0.3 is 60.2 Å². The number of nitrogens with one attached hydrogen (secondary N) is 1. The highest BCUT2D eigenvalue weighted by molar-refractivity contribution is 6.01. The molecule has 5 fully saturated rings. The number of rotatable bonds is 9. The third kappa shape index (κ3) is 10.2. The molecule has 0 aromatic rings. The summed E-state index contributed by atoms with van der Waals surface area (Å²) in [6.07, 6.45) is -3.93. The Kier molecular flexibility index (Phi) is 17.1. The molecule has 16 nitrogen and oxygen atoms in total. The molecule has 0 aromatic carbocycles. The summed E-state index contributed by atoms with van der Waals surface area (Å²) in [6.45, 7) is 19.6. The molecule has 2 saturated heterocycles. The number of aliphatic hydroxyl groups is 7. The van der Waals surface area contributed by atoms with E-state index in [2.05, 4.69) is 5.32 Å². The molecule has 0 spiro atoms. The van der Waals surface area contributed by atoms with E-state index in [1.165, 1.54) is 26.0 Å². The Morgan fingerprint density at radius 3 is 2.24 bits per heavy atom. The van der Waals surface area contributed by atoms with E-state index in [0.29, 0.717) is 24.8 Å². The maximum Gasteiger partial charge on any atom is 0.311 e. The number of carbonyl (C=O) groups is 3. The van der Waals surface area contributed by atoms with E-state index in [4.69, 9.17) is 14.2 Å². The molecule has 5 unspecified atom stereocenters. The fourth-order valence-corrected chi connectivity index (χ4v) is 14.7. The average molecular weight is 994 g/mol. The van der Waals surface area contributed by atoms with Crippen LogP contribution in [0.25, 0.3) is 0 Å². The van der Waals surface area contributed by atoms with Gasteiger partial charge in [-0.05, 0) is 135 Å². The van der Waals surface area contributed by atoms with Gasteiger partial charge in [-0.2, -0.15) is 0 Å². The molecule has 0 radical (unpaired) electrons. The first-order valence-corrected chi connectivity index (χ1v) is 26.1. The van der Waals surface area contributed by atoms with E-state index >= 15 is 4.39 Å². The van der Waals surface area contributed by atoms with Crippen molar-refractivity contribution < 1.29 is 68.7 Å². The van der Waals surface area contributed by atoms with Crippen molar-refractivity contribution in [1.29, 1.82) is 0 Å². The summed E-state index contributed by atoms with van der Waals surface area (Å²) in [5.41, 5.74) is -7.13. The molecule has 4 aliphatic carbocycles. The van der Waals surface area contributed by atoms with Crippen molar-refractivity contribution in [1.82, 2.24) is 15.1 Å². The number of carbonyl (C=O) groups excluding carboxylic acids is 3. The zero-order chi connectivity index (χ0) is 52.4. The molecule has 6 aliphatic rings. The topological polar surface area (TPSA) is 239 Å². The molecular formula is C53H88FN3O13. The van der Waals surface area contributed by atoms with Crippen molar-refractivity contribution in [2.24, 2.45) is 52.3 Å². The van der Waals surface area contributed by atoms with Crippen LogP contribution in [0.3, 0.4) is 0 Å². The van der Waals surface area contributed by atoms with Crippen molar-refractivity contribution in [2.45, 2.75) is 205 Å². The summed E-state index contributed by atoms with van der Waals surface area (Å²) in [4.78, 5) is 44.4. The van der Waals surface area contributed by atoms with Crippen LogP contribution in [0.4, 0.5) is 4.39 Å². The van der Waals surface area contributed by atoms with Gasteiger partial charge in [-0.3, -0.25) is 19.3 Å².